The van der Waals surface area contributed by atoms with Gasteiger partial charge in [-0.3, -0.25) is 9.52 Å². The van der Waals surface area contributed by atoms with Crippen molar-refractivity contribution in [1.29, 1.82) is 0 Å². The zero-order valence-electron chi connectivity index (χ0n) is 15.1. The second kappa shape index (κ2) is 8.64. The zero-order valence-corrected chi connectivity index (χ0v) is 17.5. The van der Waals surface area contributed by atoms with Crippen molar-refractivity contribution in [3.8, 4) is 0 Å². The third kappa shape index (κ3) is 5.02. The highest BCUT2D eigenvalue weighted by molar-refractivity contribution is 9.10. The van der Waals surface area contributed by atoms with Crippen LogP contribution in [0.15, 0.2) is 76.1 Å². The topological polar surface area (TPSA) is 113 Å². The van der Waals surface area contributed by atoms with Crippen molar-refractivity contribution in [1.82, 2.24) is 0 Å². The number of nitrogens with one attached hydrogen (secondary N) is 2. The van der Waals surface area contributed by atoms with Gasteiger partial charge in [-0.15, -0.1) is 0 Å². The monoisotopic (exact) mass is 492 g/mol. The van der Waals surface area contributed by atoms with Crippen molar-refractivity contribution in [2.45, 2.75) is 4.90 Å². The molecule has 0 aliphatic carbocycles. The minimum absolute atomic E-state index is 0.0602. The summed E-state index contributed by atoms with van der Waals surface area (Å²) in [5.74, 6) is -2.82. The summed E-state index contributed by atoms with van der Waals surface area (Å²) >= 11 is 3.26. The number of carbonyl (C=O) groups is 2. The van der Waals surface area contributed by atoms with Gasteiger partial charge in [-0.05, 0) is 66.7 Å². The molecule has 7 nitrogen and oxygen atoms in total. The maximum Gasteiger partial charge on any atom is 0.337 e. The van der Waals surface area contributed by atoms with Gasteiger partial charge < -0.3 is 10.4 Å². The summed E-state index contributed by atoms with van der Waals surface area (Å²) in [6, 6.07) is 14.6. The van der Waals surface area contributed by atoms with Gasteiger partial charge in [0.05, 0.1) is 16.1 Å². The van der Waals surface area contributed by atoms with Crippen molar-refractivity contribution in [3.05, 3.63) is 88.1 Å². The Balaban J connectivity index is 1.77. The Morgan fingerprint density at radius 2 is 1.57 bits per heavy atom. The van der Waals surface area contributed by atoms with Crippen molar-refractivity contribution < 1.29 is 27.5 Å². The van der Waals surface area contributed by atoms with Gasteiger partial charge in [-0.1, -0.05) is 15.9 Å². The molecular weight excluding hydrogens is 479 g/mol. The largest absolute Gasteiger partial charge is 0.478 e. The number of aromatic carboxylic acids is 1. The molecule has 0 bridgehead atoms. The van der Waals surface area contributed by atoms with Gasteiger partial charge in [-0.25, -0.2) is 17.6 Å². The molecule has 0 aromatic heterocycles. The smallest absolute Gasteiger partial charge is 0.337 e. The van der Waals surface area contributed by atoms with E-state index in [4.69, 9.17) is 5.11 Å². The van der Waals surface area contributed by atoms with E-state index in [1.807, 2.05) is 0 Å². The Morgan fingerprint density at radius 3 is 2.17 bits per heavy atom. The number of sulfonamides is 1. The molecule has 3 N–H and O–H groups in total. The van der Waals surface area contributed by atoms with E-state index in [9.17, 15) is 22.4 Å². The number of hydrogen-bond donors (Lipinski definition) is 3. The predicted molar refractivity (Wildman–Crippen MR) is 113 cm³/mol. The maximum absolute atomic E-state index is 13.3. The fourth-order valence-corrected chi connectivity index (χ4v) is 3.84. The highest BCUT2D eigenvalue weighted by Gasteiger charge is 2.17. The lowest BCUT2D eigenvalue weighted by atomic mass is 10.1. The summed E-state index contributed by atoms with van der Waals surface area (Å²) in [4.78, 5) is 23.6. The zero-order chi connectivity index (χ0) is 21.9. The summed E-state index contributed by atoms with van der Waals surface area (Å²) in [6.07, 6.45) is 0. The highest BCUT2D eigenvalue weighted by Crippen LogP contribution is 2.21. The van der Waals surface area contributed by atoms with E-state index in [2.05, 4.69) is 26.0 Å². The first kappa shape index (κ1) is 21.5. The number of rotatable bonds is 6. The van der Waals surface area contributed by atoms with E-state index in [1.165, 1.54) is 24.3 Å². The third-order valence-corrected chi connectivity index (χ3v) is 5.91. The number of benzene rings is 3. The Morgan fingerprint density at radius 1 is 0.933 bits per heavy atom. The number of carboxylic acid groups (broad SMARTS) is 1. The number of hydrogen-bond acceptors (Lipinski definition) is 4. The summed E-state index contributed by atoms with van der Waals surface area (Å²) < 4.78 is 41.5. The summed E-state index contributed by atoms with van der Waals surface area (Å²) in [6.45, 7) is 0. The van der Waals surface area contributed by atoms with E-state index >= 15 is 0 Å². The van der Waals surface area contributed by atoms with Crippen LogP contribution in [0, 0.1) is 5.82 Å². The average molecular weight is 493 g/mol. The van der Waals surface area contributed by atoms with Crippen LogP contribution in [0.1, 0.15) is 20.7 Å². The summed E-state index contributed by atoms with van der Waals surface area (Å²) in [7, 11) is -3.87. The Bertz CT molecular complexity index is 1210. The van der Waals surface area contributed by atoms with E-state index in [-0.39, 0.29) is 16.1 Å². The first-order chi connectivity index (χ1) is 14.2. The number of carbonyl (C=O) groups excluding carboxylic acids is 1. The van der Waals surface area contributed by atoms with Crippen molar-refractivity contribution >= 4 is 49.2 Å². The molecule has 0 aliphatic heterocycles. The predicted octanol–water partition coefficient (Wildman–Crippen LogP) is 4.34. The second-order valence-electron chi connectivity index (χ2n) is 6.09. The van der Waals surface area contributed by atoms with Crippen LogP contribution in [0.4, 0.5) is 15.8 Å². The SMILES string of the molecule is O=C(Nc1ccc(F)cc1C(=O)O)c1ccc(S(=O)(=O)Nc2ccc(Br)cc2)cc1. The molecular formula is C20H14BrFN2O5S. The lowest BCUT2D eigenvalue weighted by Gasteiger charge is -2.10. The molecule has 3 aromatic rings. The molecule has 0 saturated heterocycles. The van der Waals surface area contributed by atoms with Crippen LogP contribution in [-0.4, -0.2) is 25.4 Å². The fraction of sp³-hybridized carbons (Fsp3) is 0. The number of amides is 1. The van der Waals surface area contributed by atoms with Crippen molar-refractivity contribution in [3.63, 3.8) is 0 Å². The van der Waals surface area contributed by atoms with Gasteiger partial charge in [0.25, 0.3) is 15.9 Å². The van der Waals surface area contributed by atoms with Crippen LogP contribution in [0.3, 0.4) is 0 Å². The van der Waals surface area contributed by atoms with Gasteiger partial charge in [0.1, 0.15) is 5.82 Å². The molecule has 154 valence electrons. The van der Waals surface area contributed by atoms with Crippen LogP contribution in [0.25, 0.3) is 0 Å². The third-order valence-electron chi connectivity index (χ3n) is 3.98. The molecule has 0 saturated carbocycles. The first-order valence-corrected chi connectivity index (χ1v) is 10.7. The molecule has 30 heavy (non-hydrogen) atoms. The molecule has 1 amide bonds. The normalized spacial score (nSPS) is 11.0. The van der Waals surface area contributed by atoms with E-state index in [0.29, 0.717) is 5.69 Å². The molecule has 3 rings (SSSR count). The van der Waals surface area contributed by atoms with Gasteiger partial charge >= 0.3 is 5.97 Å². The first-order valence-electron chi connectivity index (χ1n) is 8.38. The maximum atomic E-state index is 13.3. The summed E-state index contributed by atoms with van der Waals surface area (Å²) in [5, 5.41) is 11.5. The van der Waals surface area contributed by atoms with Gasteiger partial charge in [0.2, 0.25) is 0 Å². The molecule has 3 aromatic carbocycles. The van der Waals surface area contributed by atoms with Crippen molar-refractivity contribution in [2.24, 2.45) is 0 Å². The quantitative estimate of drug-likeness (QED) is 0.473. The van der Waals surface area contributed by atoms with Crippen LogP contribution in [-0.2, 0) is 10.0 Å². The minimum atomic E-state index is -3.87. The molecule has 0 atom stereocenters. The molecule has 0 aliphatic rings. The Kier molecular flexibility index (Phi) is 6.18. The molecule has 0 heterocycles. The molecule has 0 spiro atoms. The molecule has 0 radical (unpaired) electrons. The Hall–Kier alpha value is -3.24. The average Bonchev–Trinajstić information content (AvgIpc) is 2.71. The van der Waals surface area contributed by atoms with Gasteiger partial charge in [0, 0.05) is 15.7 Å². The summed E-state index contributed by atoms with van der Waals surface area (Å²) in [5.41, 5.74) is -0.0143. The van der Waals surface area contributed by atoms with Crippen LogP contribution < -0.4 is 10.0 Å². The standard InChI is InChI=1S/C20H14BrFN2O5S/c21-13-3-6-15(7-4-13)24-30(28,29)16-8-1-12(2-9-16)19(25)23-18-10-5-14(22)11-17(18)20(26)27/h1-11,24H,(H,23,25)(H,26,27). The van der Waals surface area contributed by atoms with Crippen LogP contribution >= 0.6 is 15.9 Å². The number of halogens is 2. The second-order valence-corrected chi connectivity index (χ2v) is 8.68. The van der Waals surface area contributed by atoms with Gasteiger partial charge in [0.15, 0.2) is 0 Å². The van der Waals surface area contributed by atoms with Crippen LogP contribution in [0.5, 0.6) is 0 Å². The lowest BCUT2D eigenvalue weighted by Crippen LogP contribution is -2.16. The van der Waals surface area contributed by atoms with E-state index in [1.54, 1.807) is 24.3 Å². The van der Waals surface area contributed by atoms with E-state index < -0.39 is 33.3 Å². The van der Waals surface area contributed by atoms with Crippen LogP contribution in [0.2, 0.25) is 0 Å². The molecule has 0 unspecified atom stereocenters. The van der Waals surface area contributed by atoms with Gasteiger partial charge in [-0.2, -0.15) is 0 Å². The lowest BCUT2D eigenvalue weighted by molar-refractivity contribution is 0.0697. The molecule has 10 heteroatoms. The highest BCUT2D eigenvalue weighted by atomic mass is 79.9. The number of carboxylic acids is 1. The van der Waals surface area contributed by atoms with E-state index in [0.717, 1.165) is 22.7 Å². The van der Waals surface area contributed by atoms with Crippen molar-refractivity contribution in [2.75, 3.05) is 10.0 Å². The number of anilines is 2. The Labute approximate surface area is 179 Å². The fourth-order valence-electron chi connectivity index (χ4n) is 2.51. The molecule has 0 fully saturated rings. The minimum Gasteiger partial charge on any atom is -0.478 e.